The summed E-state index contributed by atoms with van der Waals surface area (Å²) in [7, 11) is 1.68. The maximum absolute atomic E-state index is 12.4. The van der Waals surface area contributed by atoms with Gasteiger partial charge in [0.1, 0.15) is 0 Å². The standard InChI is InChI=1S/C13H26N2O2/c1-5-15(12(3)10-17-4)13(16)14-8-6-7-11(2)9-14/h11-12H,5-10H2,1-4H3. The minimum atomic E-state index is 0.148. The van der Waals surface area contributed by atoms with Gasteiger partial charge in [0, 0.05) is 26.7 Å². The van der Waals surface area contributed by atoms with Crippen molar-refractivity contribution in [1.82, 2.24) is 9.80 Å². The maximum Gasteiger partial charge on any atom is 0.320 e. The second-order valence-electron chi connectivity index (χ2n) is 5.07. The monoisotopic (exact) mass is 242 g/mol. The van der Waals surface area contributed by atoms with Crippen LogP contribution in [-0.4, -0.2) is 55.2 Å². The first kappa shape index (κ1) is 14.3. The van der Waals surface area contributed by atoms with Crippen molar-refractivity contribution < 1.29 is 9.53 Å². The molecule has 1 fully saturated rings. The second kappa shape index (κ2) is 6.84. The smallest absolute Gasteiger partial charge is 0.320 e. The number of amides is 2. The number of hydrogen-bond donors (Lipinski definition) is 0. The molecule has 1 saturated heterocycles. The SMILES string of the molecule is CCN(C(=O)N1CCCC(C)C1)C(C)COC. The lowest BCUT2D eigenvalue weighted by Gasteiger charge is -2.37. The lowest BCUT2D eigenvalue weighted by Crippen LogP contribution is -2.51. The van der Waals surface area contributed by atoms with Crippen molar-refractivity contribution in [2.24, 2.45) is 5.92 Å². The summed E-state index contributed by atoms with van der Waals surface area (Å²) in [4.78, 5) is 16.3. The molecular formula is C13H26N2O2. The number of carbonyl (C=O) groups is 1. The zero-order valence-corrected chi connectivity index (χ0v) is 11.6. The fourth-order valence-electron chi connectivity index (χ4n) is 2.51. The normalized spacial score (nSPS) is 22.4. The molecule has 0 aromatic carbocycles. The predicted octanol–water partition coefficient (Wildman–Crippen LogP) is 2.20. The van der Waals surface area contributed by atoms with Crippen molar-refractivity contribution >= 4 is 6.03 Å². The first-order chi connectivity index (χ1) is 8.10. The van der Waals surface area contributed by atoms with Crippen LogP contribution in [-0.2, 0) is 4.74 Å². The van der Waals surface area contributed by atoms with Crippen LogP contribution in [0.25, 0.3) is 0 Å². The van der Waals surface area contributed by atoms with E-state index in [0.717, 1.165) is 26.1 Å². The third-order valence-electron chi connectivity index (χ3n) is 3.45. The van der Waals surface area contributed by atoms with Gasteiger partial charge in [-0.15, -0.1) is 0 Å². The van der Waals surface area contributed by atoms with Gasteiger partial charge in [0.15, 0.2) is 0 Å². The van der Waals surface area contributed by atoms with Crippen LogP contribution < -0.4 is 0 Å². The predicted molar refractivity (Wildman–Crippen MR) is 69.1 cm³/mol. The summed E-state index contributed by atoms with van der Waals surface area (Å²) in [6.45, 7) is 9.43. The Balaban J connectivity index is 2.58. The van der Waals surface area contributed by atoms with Gasteiger partial charge in [-0.2, -0.15) is 0 Å². The summed E-state index contributed by atoms with van der Waals surface area (Å²) in [6, 6.07) is 0.318. The average Bonchev–Trinajstić information content (AvgIpc) is 2.30. The van der Waals surface area contributed by atoms with E-state index in [9.17, 15) is 4.79 Å². The maximum atomic E-state index is 12.4. The molecule has 0 aliphatic carbocycles. The highest BCUT2D eigenvalue weighted by atomic mass is 16.5. The summed E-state index contributed by atoms with van der Waals surface area (Å²) >= 11 is 0. The number of carbonyl (C=O) groups excluding carboxylic acids is 1. The van der Waals surface area contributed by atoms with Crippen LogP contribution in [0.15, 0.2) is 0 Å². The quantitative estimate of drug-likeness (QED) is 0.757. The van der Waals surface area contributed by atoms with E-state index >= 15 is 0 Å². The van der Waals surface area contributed by atoms with E-state index in [0.29, 0.717) is 12.5 Å². The van der Waals surface area contributed by atoms with Crippen molar-refractivity contribution in [3.05, 3.63) is 0 Å². The van der Waals surface area contributed by atoms with Crippen molar-refractivity contribution in [1.29, 1.82) is 0 Å². The molecule has 4 heteroatoms. The van der Waals surface area contributed by atoms with E-state index in [1.807, 2.05) is 23.6 Å². The lowest BCUT2D eigenvalue weighted by atomic mass is 10.0. The van der Waals surface area contributed by atoms with Crippen molar-refractivity contribution in [2.45, 2.75) is 39.7 Å². The van der Waals surface area contributed by atoms with Crippen molar-refractivity contribution in [3.8, 4) is 0 Å². The third kappa shape index (κ3) is 3.87. The number of hydrogen-bond acceptors (Lipinski definition) is 2. The van der Waals surface area contributed by atoms with Crippen molar-refractivity contribution in [2.75, 3.05) is 33.4 Å². The van der Waals surface area contributed by atoms with Crippen LogP contribution in [0.3, 0.4) is 0 Å². The first-order valence-corrected chi connectivity index (χ1v) is 6.64. The summed E-state index contributed by atoms with van der Waals surface area (Å²) in [5.74, 6) is 0.629. The number of piperidine rings is 1. The fraction of sp³-hybridized carbons (Fsp3) is 0.923. The second-order valence-corrected chi connectivity index (χ2v) is 5.07. The van der Waals surface area contributed by atoms with Crippen LogP contribution >= 0.6 is 0 Å². The number of ether oxygens (including phenoxy) is 1. The van der Waals surface area contributed by atoms with E-state index < -0.39 is 0 Å². The minimum Gasteiger partial charge on any atom is -0.383 e. The van der Waals surface area contributed by atoms with E-state index in [2.05, 4.69) is 6.92 Å². The molecule has 2 unspecified atom stereocenters. The molecular weight excluding hydrogens is 216 g/mol. The Morgan fingerprint density at radius 3 is 2.82 bits per heavy atom. The molecule has 100 valence electrons. The number of likely N-dealkylation sites (N-methyl/N-ethyl adjacent to an activating group) is 1. The topological polar surface area (TPSA) is 32.8 Å². The van der Waals surface area contributed by atoms with Gasteiger partial charge < -0.3 is 14.5 Å². The minimum absolute atomic E-state index is 0.148. The number of urea groups is 1. The molecule has 0 aromatic heterocycles. The lowest BCUT2D eigenvalue weighted by molar-refractivity contribution is 0.0862. The highest BCUT2D eigenvalue weighted by molar-refractivity contribution is 5.74. The summed E-state index contributed by atoms with van der Waals surface area (Å²) < 4.78 is 5.13. The molecule has 17 heavy (non-hydrogen) atoms. The fourth-order valence-corrected chi connectivity index (χ4v) is 2.51. The average molecular weight is 242 g/mol. The zero-order valence-electron chi connectivity index (χ0n) is 11.6. The Morgan fingerprint density at radius 1 is 1.59 bits per heavy atom. The third-order valence-corrected chi connectivity index (χ3v) is 3.45. The van der Waals surface area contributed by atoms with Gasteiger partial charge >= 0.3 is 6.03 Å². The van der Waals surface area contributed by atoms with Gasteiger partial charge in [0.25, 0.3) is 0 Å². The Labute approximate surface area is 105 Å². The number of methoxy groups -OCH3 is 1. The Bertz CT molecular complexity index is 246. The molecule has 2 amide bonds. The van der Waals surface area contributed by atoms with Crippen molar-refractivity contribution in [3.63, 3.8) is 0 Å². The molecule has 0 radical (unpaired) electrons. The highest BCUT2D eigenvalue weighted by Gasteiger charge is 2.27. The van der Waals surface area contributed by atoms with E-state index in [-0.39, 0.29) is 12.1 Å². The molecule has 1 aliphatic heterocycles. The van der Waals surface area contributed by atoms with Gasteiger partial charge in [-0.3, -0.25) is 0 Å². The summed E-state index contributed by atoms with van der Waals surface area (Å²) in [5, 5.41) is 0. The highest BCUT2D eigenvalue weighted by Crippen LogP contribution is 2.17. The number of likely N-dealkylation sites (tertiary alicyclic amines) is 1. The van der Waals surface area contributed by atoms with Gasteiger partial charge in [0.05, 0.1) is 12.6 Å². The molecule has 2 atom stereocenters. The van der Waals surface area contributed by atoms with Crippen LogP contribution in [0.2, 0.25) is 0 Å². The Morgan fingerprint density at radius 2 is 2.29 bits per heavy atom. The molecule has 0 aromatic rings. The van der Waals surface area contributed by atoms with E-state index in [1.54, 1.807) is 7.11 Å². The molecule has 0 bridgehead atoms. The summed E-state index contributed by atoms with van der Waals surface area (Å²) in [6.07, 6.45) is 2.37. The molecule has 0 saturated carbocycles. The largest absolute Gasteiger partial charge is 0.383 e. The van der Waals surface area contributed by atoms with Crippen LogP contribution in [0.5, 0.6) is 0 Å². The van der Waals surface area contributed by atoms with Gasteiger partial charge in [-0.1, -0.05) is 6.92 Å². The van der Waals surface area contributed by atoms with E-state index in [4.69, 9.17) is 4.74 Å². The molecule has 1 aliphatic rings. The summed E-state index contributed by atoms with van der Waals surface area (Å²) in [5.41, 5.74) is 0. The van der Waals surface area contributed by atoms with Crippen LogP contribution in [0, 0.1) is 5.92 Å². The van der Waals surface area contributed by atoms with Gasteiger partial charge in [-0.05, 0) is 32.6 Å². The number of rotatable bonds is 4. The Kier molecular flexibility index (Phi) is 5.75. The van der Waals surface area contributed by atoms with E-state index in [1.165, 1.54) is 6.42 Å². The molecule has 4 nitrogen and oxygen atoms in total. The molecule has 1 rings (SSSR count). The molecule has 0 N–H and O–H groups in total. The van der Waals surface area contributed by atoms with Gasteiger partial charge in [0.2, 0.25) is 0 Å². The van der Waals surface area contributed by atoms with Crippen LogP contribution in [0.4, 0.5) is 4.79 Å². The molecule has 1 heterocycles. The van der Waals surface area contributed by atoms with Gasteiger partial charge in [-0.25, -0.2) is 4.79 Å². The van der Waals surface area contributed by atoms with Crippen LogP contribution in [0.1, 0.15) is 33.6 Å². The molecule has 0 spiro atoms. The first-order valence-electron chi connectivity index (χ1n) is 6.64. The number of nitrogens with zero attached hydrogens (tertiary/aromatic N) is 2. The zero-order chi connectivity index (χ0) is 12.8. The Hall–Kier alpha value is -0.770.